The van der Waals surface area contributed by atoms with Gasteiger partial charge in [-0.3, -0.25) is 0 Å². The van der Waals surface area contributed by atoms with Crippen LogP contribution in [0, 0.1) is 5.92 Å². The van der Waals surface area contributed by atoms with E-state index in [4.69, 9.17) is 15.1 Å². The number of aliphatic hydroxyl groups is 2. The first-order valence-electron chi connectivity index (χ1n) is 4.56. The number of oxime groups is 1. The van der Waals surface area contributed by atoms with Gasteiger partial charge in [-0.15, -0.1) is 0 Å². The van der Waals surface area contributed by atoms with E-state index in [0.29, 0.717) is 0 Å². The summed E-state index contributed by atoms with van der Waals surface area (Å²) in [5.74, 6) is 0.0549. The number of methoxy groups -OCH3 is 1. The maximum Gasteiger partial charge on any atom is 0.124 e. The molecule has 0 spiro atoms. The van der Waals surface area contributed by atoms with Gasteiger partial charge in [0.05, 0.1) is 6.10 Å². The van der Waals surface area contributed by atoms with Crippen LogP contribution in [0.1, 0.15) is 20.8 Å². The second-order valence-corrected chi connectivity index (χ2v) is 3.61. The van der Waals surface area contributed by atoms with E-state index in [1.165, 1.54) is 14.0 Å². The summed E-state index contributed by atoms with van der Waals surface area (Å²) in [5.41, 5.74) is 0.0532. The standard InChI is InChI=1S/C9H19NO4/c1-5(2)9(14-4)7(10-13)8(12)6(3)11/h5-6,8-9,11-13H,1-4H3/b10-7+/t6-,8+,9+/m1/s1. The molecule has 0 aliphatic rings. The van der Waals surface area contributed by atoms with E-state index >= 15 is 0 Å². The molecule has 0 radical (unpaired) electrons. The van der Waals surface area contributed by atoms with Gasteiger partial charge in [0.1, 0.15) is 17.9 Å². The summed E-state index contributed by atoms with van der Waals surface area (Å²) in [5, 5.41) is 30.4. The van der Waals surface area contributed by atoms with Crippen LogP contribution in [-0.4, -0.2) is 46.6 Å². The van der Waals surface area contributed by atoms with Crippen molar-refractivity contribution in [2.45, 2.75) is 39.1 Å². The van der Waals surface area contributed by atoms with Crippen LogP contribution in [0.3, 0.4) is 0 Å². The molecule has 0 heterocycles. The molecule has 0 rings (SSSR count). The Bertz CT molecular complexity index is 191. The second-order valence-electron chi connectivity index (χ2n) is 3.61. The molecule has 0 saturated heterocycles. The first-order valence-corrected chi connectivity index (χ1v) is 4.56. The summed E-state index contributed by atoms with van der Waals surface area (Å²) in [7, 11) is 1.46. The van der Waals surface area contributed by atoms with Crippen molar-refractivity contribution in [3.8, 4) is 0 Å². The summed E-state index contributed by atoms with van der Waals surface area (Å²) in [6, 6.07) is 0. The Morgan fingerprint density at radius 1 is 1.21 bits per heavy atom. The first-order chi connectivity index (χ1) is 6.45. The Balaban J connectivity index is 4.70. The summed E-state index contributed by atoms with van der Waals surface area (Å²) >= 11 is 0. The lowest BCUT2D eigenvalue weighted by Gasteiger charge is -2.24. The van der Waals surface area contributed by atoms with Crippen LogP contribution >= 0.6 is 0 Å². The van der Waals surface area contributed by atoms with Gasteiger partial charge >= 0.3 is 0 Å². The smallest absolute Gasteiger partial charge is 0.124 e. The molecule has 0 aliphatic heterocycles. The molecule has 84 valence electrons. The molecule has 0 fully saturated rings. The third kappa shape index (κ3) is 3.25. The Morgan fingerprint density at radius 3 is 1.93 bits per heavy atom. The van der Waals surface area contributed by atoms with Crippen molar-refractivity contribution < 1.29 is 20.2 Å². The highest BCUT2D eigenvalue weighted by molar-refractivity contribution is 5.92. The van der Waals surface area contributed by atoms with E-state index in [1.54, 1.807) is 0 Å². The third-order valence-electron chi connectivity index (χ3n) is 2.03. The molecule has 14 heavy (non-hydrogen) atoms. The highest BCUT2D eigenvalue weighted by Gasteiger charge is 2.29. The lowest BCUT2D eigenvalue weighted by molar-refractivity contribution is 0.0495. The van der Waals surface area contributed by atoms with E-state index in [-0.39, 0.29) is 11.6 Å². The summed E-state index contributed by atoms with van der Waals surface area (Å²) in [6.45, 7) is 5.16. The minimum absolute atomic E-state index is 0.0532. The Kier molecular flexibility index (Phi) is 5.68. The SMILES string of the molecule is CO[C@H](/C(=N/O)[C@@H](O)[C@@H](C)O)C(C)C. The maximum atomic E-state index is 9.52. The molecule has 5 nitrogen and oxygen atoms in total. The lowest BCUT2D eigenvalue weighted by Crippen LogP contribution is -2.42. The average Bonchev–Trinajstić information content (AvgIpc) is 2.11. The zero-order valence-electron chi connectivity index (χ0n) is 9.01. The molecule has 0 saturated carbocycles. The number of aliphatic hydroxyl groups excluding tert-OH is 2. The van der Waals surface area contributed by atoms with Gasteiger partial charge in [0.2, 0.25) is 0 Å². The molecule has 0 unspecified atom stereocenters. The maximum absolute atomic E-state index is 9.52. The third-order valence-corrected chi connectivity index (χ3v) is 2.03. The minimum Gasteiger partial charge on any atom is -0.411 e. The zero-order valence-corrected chi connectivity index (χ0v) is 9.01. The highest BCUT2D eigenvalue weighted by Crippen LogP contribution is 2.12. The normalized spacial score (nSPS) is 19.5. The molecule has 3 N–H and O–H groups in total. The molecule has 0 aromatic carbocycles. The van der Waals surface area contributed by atoms with Gasteiger partial charge in [-0.25, -0.2) is 0 Å². The van der Waals surface area contributed by atoms with Crippen LogP contribution in [0.25, 0.3) is 0 Å². The van der Waals surface area contributed by atoms with Gasteiger partial charge in [0.15, 0.2) is 0 Å². The predicted octanol–water partition coefficient (Wildman–Crippen LogP) is 0.229. The zero-order chi connectivity index (χ0) is 11.3. The van der Waals surface area contributed by atoms with Gasteiger partial charge in [0, 0.05) is 7.11 Å². The largest absolute Gasteiger partial charge is 0.411 e. The fraction of sp³-hybridized carbons (Fsp3) is 0.889. The minimum atomic E-state index is -1.20. The molecular weight excluding hydrogens is 186 g/mol. The van der Waals surface area contributed by atoms with Crippen molar-refractivity contribution in [3.63, 3.8) is 0 Å². The summed E-state index contributed by atoms with van der Waals surface area (Å²) in [4.78, 5) is 0. The Labute approximate surface area is 84.0 Å². The van der Waals surface area contributed by atoms with E-state index in [1.807, 2.05) is 13.8 Å². The van der Waals surface area contributed by atoms with Crippen molar-refractivity contribution >= 4 is 5.71 Å². The van der Waals surface area contributed by atoms with E-state index in [2.05, 4.69) is 5.16 Å². The van der Waals surface area contributed by atoms with Crippen molar-refractivity contribution in [1.82, 2.24) is 0 Å². The van der Waals surface area contributed by atoms with Crippen molar-refractivity contribution in [1.29, 1.82) is 0 Å². The van der Waals surface area contributed by atoms with Gasteiger partial charge in [0.25, 0.3) is 0 Å². The molecular formula is C9H19NO4. The molecule has 0 aromatic heterocycles. The monoisotopic (exact) mass is 205 g/mol. The lowest BCUT2D eigenvalue weighted by atomic mass is 9.96. The number of rotatable bonds is 5. The van der Waals surface area contributed by atoms with Crippen molar-refractivity contribution in [2.75, 3.05) is 7.11 Å². The number of nitrogens with zero attached hydrogens (tertiary/aromatic N) is 1. The molecule has 5 heteroatoms. The molecule has 0 bridgehead atoms. The second kappa shape index (κ2) is 5.95. The van der Waals surface area contributed by atoms with E-state index < -0.39 is 18.3 Å². The highest BCUT2D eigenvalue weighted by atomic mass is 16.5. The van der Waals surface area contributed by atoms with E-state index in [0.717, 1.165) is 0 Å². The Morgan fingerprint density at radius 2 is 1.71 bits per heavy atom. The quantitative estimate of drug-likeness (QED) is 0.341. The summed E-state index contributed by atoms with van der Waals surface area (Å²) in [6.07, 6.45) is -2.69. The first kappa shape index (κ1) is 13.4. The fourth-order valence-corrected chi connectivity index (χ4v) is 1.27. The van der Waals surface area contributed by atoms with Crippen LogP contribution in [0.15, 0.2) is 5.16 Å². The van der Waals surface area contributed by atoms with E-state index in [9.17, 15) is 5.11 Å². The topological polar surface area (TPSA) is 82.3 Å². The van der Waals surface area contributed by atoms with Crippen LogP contribution in [0.5, 0.6) is 0 Å². The molecule has 0 aliphatic carbocycles. The average molecular weight is 205 g/mol. The molecule has 0 aromatic rings. The van der Waals surface area contributed by atoms with Gasteiger partial charge < -0.3 is 20.2 Å². The van der Waals surface area contributed by atoms with Crippen LogP contribution in [0.4, 0.5) is 0 Å². The van der Waals surface area contributed by atoms with Crippen molar-refractivity contribution in [3.05, 3.63) is 0 Å². The molecule has 3 atom stereocenters. The van der Waals surface area contributed by atoms with Crippen LogP contribution in [0.2, 0.25) is 0 Å². The van der Waals surface area contributed by atoms with Gasteiger partial charge in [-0.2, -0.15) is 0 Å². The number of hydrogen-bond donors (Lipinski definition) is 3. The molecule has 0 amide bonds. The summed E-state index contributed by atoms with van der Waals surface area (Å²) < 4.78 is 5.07. The number of hydrogen-bond acceptors (Lipinski definition) is 5. The van der Waals surface area contributed by atoms with Crippen LogP contribution < -0.4 is 0 Å². The van der Waals surface area contributed by atoms with Crippen molar-refractivity contribution in [2.24, 2.45) is 11.1 Å². The predicted molar refractivity (Wildman–Crippen MR) is 52.5 cm³/mol. The van der Waals surface area contributed by atoms with Crippen LogP contribution in [-0.2, 0) is 4.74 Å². The fourth-order valence-electron chi connectivity index (χ4n) is 1.27. The number of ether oxygens (including phenoxy) is 1. The van der Waals surface area contributed by atoms with Gasteiger partial charge in [-0.1, -0.05) is 19.0 Å². The van der Waals surface area contributed by atoms with Gasteiger partial charge in [-0.05, 0) is 12.8 Å². The Hall–Kier alpha value is -0.650.